The Morgan fingerprint density at radius 3 is 2.10 bits per heavy atom. The van der Waals surface area contributed by atoms with Crippen molar-refractivity contribution in [1.29, 1.82) is 0 Å². The molecule has 0 radical (unpaired) electrons. The zero-order chi connectivity index (χ0) is 7.82. The molecule has 1 rings (SSSR count). The summed E-state index contributed by atoms with van der Waals surface area (Å²) in [6.07, 6.45) is 3.17. The normalized spacial score (nSPS) is 7.70. The Morgan fingerprint density at radius 2 is 2.00 bits per heavy atom. The Balaban J connectivity index is 0.000000162. The van der Waals surface area contributed by atoms with E-state index >= 15 is 0 Å². The van der Waals surface area contributed by atoms with E-state index in [-0.39, 0.29) is 11.5 Å². The van der Waals surface area contributed by atoms with Crippen LogP contribution in [0.1, 0.15) is 6.92 Å². The molecular formula is C4H8N4O2. The van der Waals surface area contributed by atoms with Gasteiger partial charge in [0.05, 0.1) is 12.4 Å². The van der Waals surface area contributed by atoms with Crippen molar-refractivity contribution < 1.29 is 4.92 Å². The van der Waals surface area contributed by atoms with Crippen molar-refractivity contribution in [2.45, 2.75) is 6.92 Å². The van der Waals surface area contributed by atoms with Crippen LogP contribution < -0.4 is 0 Å². The third-order valence-electron chi connectivity index (χ3n) is 0.589. The second-order valence-corrected chi connectivity index (χ2v) is 1.31. The maximum absolute atomic E-state index is 9.17. The summed E-state index contributed by atoms with van der Waals surface area (Å²) in [5.41, 5.74) is 0. The van der Waals surface area contributed by atoms with Crippen molar-refractivity contribution in [2.24, 2.45) is 0 Å². The van der Waals surface area contributed by atoms with Crippen molar-refractivity contribution in [2.75, 3.05) is 6.54 Å². The minimum atomic E-state index is -0.375. The molecule has 1 aromatic heterocycles. The van der Waals surface area contributed by atoms with Gasteiger partial charge in [0, 0.05) is 11.8 Å². The lowest BCUT2D eigenvalue weighted by Gasteiger charge is -1.73. The zero-order valence-corrected chi connectivity index (χ0v) is 5.52. The second kappa shape index (κ2) is 5.67. The molecule has 0 spiro atoms. The summed E-state index contributed by atoms with van der Waals surface area (Å²) in [4.78, 5) is 8.80. The third-order valence-corrected chi connectivity index (χ3v) is 0.589. The van der Waals surface area contributed by atoms with Crippen LogP contribution >= 0.6 is 0 Å². The van der Waals surface area contributed by atoms with Crippen LogP contribution in [0.2, 0.25) is 0 Å². The number of hydrogen-bond acceptors (Lipinski definition) is 4. The van der Waals surface area contributed by atoms with E-state index in [1.165, 1.54) is 6.92 Å². The summed E-state index contributed by atoms with van der Waals surface area (Å²) < 4.78 is 0. The summed E-state index contributed by atoms with van der Waals surface area (Å²) in [7, 11) is 0. The van der Waals surface area contributed by atoms with Gasteiger partial charge in [0.2, 0.25) is 6.54 Å². The summed E-state index contributed by atoms with van der Waals surface area (Å²) in [6.45, 7) is 1.53. The van der Waals surface area contributed by atoms with Crippen molar-refractivity contribution in [3.63, 3.8) is 0 Å². The minimum Gasteiger partial charge on any atom is -0.265 e. The lowest BCUT2D eigenvalue weighted by atomic mass is 10.8. The second-order valence-electron chi connectivity index (χ2n) is 1.31. The molecule has 0 aliphatic heterocycles. The topological polar surface area (TPSA) is 84.7 Å². The van der Waals surface area contributed by atoms with Gasteiger partial charge in [-0.3, -0.25) is 10.1 Å². The Labute approximate surface area is 57.4 Å². The van der Waals surface area contributed by atoms with Gasteiger partial charge >= 0.3 is 0 Å². The number of hydrogen-bond donors (Lipinski definition) is 1. The van der Waals surface area contributed by atoms with Gasteiger partial charge in [-0.1, -0.05) is 0 Å². The number of rotatable bonds is 1. The Morgan fingerprint density at radius 1 is 1.60 bits per heavy atom. The number of aromatic nitrogens is 3. The molecule has 1 heterocycles. The number of aromatic amines is 1. The predicted octanol–water partition coefficient (Wildman–Crippen LogP) is 0.0877. The van der Waals surface area contributed by atoms with Crippen LogP contribution in [0.15, 0.2) is 12.4 Å². The highest BCUT2D eigenvalue weighted by Crippen LogP contribution is 1.57. The first-order valence-electron chi connectivity index (χ1n) is 2.69. The predicted molar refractivity (Wildman–Crippen MR) is 33.9 cm³/mol. The van der Waals surface area contributed by atoms with E-state index in [0.29, 0.717) is 0 Å². The summed E-state index contributed by atoms with van der Waals surface area (Å²) in [6, 6.07) is 0. The third kappa shape index (κ3) is 6.54. The fraction of sp³-hybridized carbons (Fsp3) is 0.500. The molecule has 0 amide bonds. The van der Waals surface area contributed by atoms with E-state index in [9.17, 15) is 10.1 Å². The average Bonchev–Trinajstić information content (AvgIpc) is 2.43. The molecule has 6 nitrogen and oxygen atoms in total. The van der Waals surface area contributed by atoms with Crippen molar-refractivity contribution in [3.05, 3.63) is 22.5 Å². The van der Waals surface area contributed by atoms with Gasteiger partial charge in [0.15, 0.2) is 0 Å². The largest absolute Gasteiger partial charge is 0.265 e. The number of H-pyrrole nitrogens is 1. The number of nitrogens with zero attached hydrogens (tertiary/aromatic N) is 3. The van der Waals surface area contributed by atoms with Crippen LogP contribution in [0.4, 0.5) is 0 Å². The minimum absolute atomic E-state index is 0.0278. The molecule has 0 bridgehead atoms. The van der Waals surface area contributed by atoms with Crippen LogP contribution in [0.25, 0.3) is 0 Å². The maximum Gasteiger partial charge on any atom is 0.201 e. The lowest BCUT2D eigenvalue weighted by Crippen LogP contribution is -1.92. The molecule has 10 heavy (non-hydrogen) atoms. The van der Waals surface area contributed by atoms with Crippen LogP contribution in [0.3, 0.4) is 0 Å². The van der Waals surface area contributed by atoms with E-state index in [2.05, 4.69) is 15.4 Å². The number of nitro groups is 1. The molecule has 0 aromatic carbocycles. The molecule has 0 saturated carbocycles. The first kappa shape index (κ1) is 8.54. The van der Waals surface area contributed by atoms with E-state index in [0.717, 1.165) is 0 Å². The fourth-order valence-corrected chi connectivity index (χ4v) is 0.167. The molecule has 0 saturated heterocycles. The van der Waals surface area contributed by atoms with E-state index in [1.54, 1.807) is 12.4 Å². The maximum atomic E-state index is 9.17. The van der Waals surface area contributed by atoms with Crippen molar-refractivity contribution in [1.82, 2.24) is 15.4 Å². The van der Waals surface area contributed by atoms with Crippen LogP contribution in [0.5, 0.6) is 0 Å². The molecule has 0 atom stereocenters. The molecule has 0 unspecified atom stereocenters. The fourth-order valence-electron chi connectivity index (χ4n) is 0.167. The Hall–Kier alpha value is -1.46. The summed E-state index contributed by atoms with van der Waals surface area (Å²) in [5, 5.41) is 18.5. The molecule has 0 fully saturated rings. The van der Waals surface area contributed by atoms with Crippen molar-refractivity contribution in [3.8, 4) is 0 Å². The molecule has 6 heteroatoms. The van der Waals surface area contributed by atoms with E-state index in [1.807, 2.05) is 0 Å². The first-order valence-corrected chi connectivity index (χ1v) is 2.69. The van der Waals surface area contributed by atoms with Gasteiger partial charge in [-0.15, -0.1) is 0 Å². The SMILES string of the molecule is CC[N+](=O)[O-].c1cn[nH]n1. The Kier molecular flexibility index (Phi) is 4.84. The van der Waals surface area contributed by atoms with E-state index in [4.69, 9.17) is 0 Å². The molecular weight excluding hydrogens is 136 g/mol. The van der Waals surface area contributed by atoms with Gasteiger partial charge in [-0.25, -0.2) is 0 Å². The molecule has 1 aromatic rings. The van der Waals surface area contributed by atoms with Gasteiger partial charge in [0.25, 0.3) is 0 Å². The van der Waals surface area contributed by atoms with Gasteiger partial charge in [0.1, 0.15) is 0 Å². The average molecular weight is 144 g/mol. The van der Waals surface area contributed by atoms with E-state index < -0.39 is 0 Å². The van der Waals surface area contributed by atoms with Gasteiger partial charge in [-0.05, 0) is 0 Å². The van der Waals surface area contributed by atoms with Crippen LogP contribution in [-0.4, -0.2) is 26.9 Å². The highest BCUT2D eigenvalue weighted by atomic mass is 16.6. The monoisotopic (exact) mass is 144 g/mol. The highest BCUT2D eigenvalue weighted by molar-refractivity contribution is 4.54. The highest BCUT2D eigenvalue weighted by Gasteiger charge is 1.76. The zero-order valence-electron chi connectivity index (χ0n) is 5.52. The Bertz CT molecular complexity index is 145. The molecule has 0 aliphatic carbocycles. The van der Waals surface area contributed by atoms with Gasteiger partial charge in [-0.2, -0.15) is 15.4 Å². The summed E-state index contributed by atoms with van der Waals surface area (Å²) >= 11 is 0. The van der Waals surface area contributed by atoms with Gasteiger partial charge < -0.3 is 0 Å². The molecule has 0 aliphatic rings. The lowest BCUT2D eigenvalue weighted by molar-refractivity contribution is -0.475. The smallest absolute Gasteiger partial charge is 0.201 e. The van der Waals surface area contributed by atoms with Crippen molar-refractivity contribution >= 4 is 0 Å². The first-order chi connectivity index (χ1) is 4.77. The number of nitrogens with one attached hydrogen (secondary N) is 1. The van der Waals surface area contributed by atoms with Crippen LogP contribution in [-0.2, 0) is 0 Å². The summed E-state index contributed by atoms with van der Waals surface area (Å²) in [5.74, 6) is 0. The van der Waals surface area contributed by atoms with Crippen LogP contribution in [0, 0.1) is 10.1 Å². The molecule has 56 valence electrons. The quantitative estimate of drug-likeness (QED) is 0.447. The molecule has 1 N–H and O–H groups in total. The standard InChI is InChI=1S/C2H3N3.C2H5NO2/c1-2-4-5-3-1;1-2-3(4)5/h1-2H,(H,3,4,5);2H2,1H3.